The number of hydrazine groups is 1. The number of benzene rings is 1. The second-order valence-corrected chi connectivity index (χ2v) is 22.7. The molecule has 4 aliphatic heterocycles. The second-order valence-electron chi connectivity index (χ2n) is 22.7. The smallest absolute Gasteiger partial charge is 0.325 e. The molecule has 2 bridgehead atoms. The number of aliphatic hydroxyl groups is 4. The SMILES string of the molecule is CC[C@H]1C[C@@H]2C[C@H]3[C@@H](O)[C@@H](C)[C@H](C[C@H](O)[C@@H](C)CC/C=C/C=C(\C)[C@@H]4C/C=C/C=C/[C@H](O)[C@H](C)[C@@H](O)[C@@H](CCC(C)=O)C(=O)N[C@@H](C(C)C)C(=O)NC(c5ccc(F)c(O)c5)C(=O)N5CCCC(N5)C(=O)O4)O[C@]23NC1=O. The normalized spacial score (nSPS) is 35.6. The molecular weight excluding hydrogens is 994 g/mol. The average molecular weight is 1080 g/mol. The van der Waals surface area contributed by atoms with Crippen LogP contribution >= 0.6 is 0 Å². The van der Waals surface area contributed by atoms with Crippen LogP contribution in [0.3, 0.4) is 0 Å². The predicted octanol–water partition coefficient (Wildman–Crippen LogP) is 5.04. The van der Waals surface area contributed by atoms with Crippen molar-refractivity contribution in [1.82, 2.24) is 26.4 Å². The van der Waals surface area contributed by atoms with Crippen molar-refractivity contribution >= 4 is 35.4 Å². The monoisotopic (exact) mass is 1080 g/mol. The van der Waals surface area contributed by atoms with Crippen LogP contribution in [0.5, 0.6) is 5.75 Å². The molecule has 4 amide bonds. The number of esters is 1. The van der Waals surface area contributed by atoms with Crippen LogP contribution in [-0.2, 0) is 38.2 Å². The summed E-state index contributed by atoms with van der Waals surface area (Å²) in [6.45, 7) is 14.0. The first-order valence-electron chi connectivity index (χ1n) is 27.7. The minimum atomic E-state index is -1.56. The largest absolute Gasteiger partial charge is 0.505 e. The topological polar surface area (TPSA) is 273 Å². The summed E-state index contributed by atoms with van der Waals surface area (Å²) >= 11 is 0. The third-order valence-electron chi connectivity index (χ3n) is 16.9. The number of carbonyl (C=O) groups excluding carboxylic acids is 6. The molecule has 2 unspecified atom stereocenters. The zero-order chi connectivity index (χ0) is 56.5. The van der Waals surface area contributed by atoms with Crippen LogP contribution in [0.2, 0.25) is 0 Å². The fraction of sp³-hybridized carbons (Fsp3) is 0.655. The lowest BCUT2D eigenvalue weighted by Crippen LogP contribution is -2.78. The number of aromatic hydroxyl groups is 1. The van der Waals surface area contributed by atoms with Gasteiger partial charge in [-0.2, -0.15) is 0 Å². The third kappa shape index (κ3) is 14.7. The first kappa shape index (κ1) is 60.9. The molecule has 4 fully saturated rings. The van der Waals surface area contributed by atoms with E-state index in [1.54, 1.807) is 45.9 Å². The van der Waals surface area contributed by atoms with Crippen molar-refractivity contribution in [2.75, 3.05) is 6.54 Å². The number of nitrogens with one attached hydrogen (secondary N) is 4. The molecule has 9 N–H and O–H groups in total. The molecule has 3 saturated heterocycles. The molecule has 17 atom stereocenters. The summed E-state index contributed by atoms with van der Waals surface area (Å²) in [6, 6.07) is -0.711. The molecule has 1 aromatic rings. The maximum atomic E-state index is 14.5. The summed E-state index contributed by atoms with van der Waals surface area (Å²) in [6.07, 6.45) is 11.1. The van der Waals surface area contributed by atoms with E-state index in [0.717, 1.165) is 31.4 Å². The van der Waals surface area contributed by atoms with Gasteiger partial charge in [-0.15, -0.1) is 0 Å². The van der Waals surface area contributed by atoms with E-state index < -0.39 is 113 Å². The Kier molecular flexibility index (Phi) is 21.4. The van der Waals surface area contributed by atoms with Gasteiger partial charge in [-0.05, 0) is 100 Å². The van der Waals surface area contributed by atoms with Crippen LogP contribution in [0.1, 0.15) is 138 Å². The van der Waals surface area contributed by atoms with Crippen LogP contribution in [0.4, 0.5) is 4.39 Å². The van der Waals surface area contributed by atoms with Gasteiger partial charge in [0.1, 0.15) is 35.7 Å². The first-order chi connectivity index (χ1) is 36.5. The number of Topliss-reactive ketones (excluding diaryl/α,β-unsaturated/α-hetero) is 1. The highest BCUT2D eigenvalue weighted by molar-refractivity contribution is 5.93. The number of phenolic OH excluding ortho intramolecular Hbond substituents is 1. The molecule has 77 heavy (non-hydrogen) atoms. The Morgan fingerprint density at radius 2 is 1.71 bits per heavy atom. The maximum absolute atomic E-state index is 14.5. The number of fused-ring (bicyclic) bond motifs is 2. The number of piperidine rings is 1. The molecular formula is C58H84FN5O13. The van der Waals surface area contributed by atoms with Crippen molar-refractivity contribution in [2.45, 2.75) is 186 Å². The number of carbonyl (C=O) groups is 6. The van der Waals surface area contributed by atoms with E-state index in [2.05, 4.69) is 21.4 Å². The van der Waals surface area contributed by atoms with Crippen molar-refractivity contribution in [3.63, 3.8) is 0 Å². The molecule has 1 spiro atoms. The van der Waals surface area contributed by atoms with E-state index in [9.17, 15) is 58.7 Å². The summed E-state index contributed by atoms with van der Waals surface area (Å²) in [7, 11) is 0. The van der Waals surface area contributed by atoms with E-state index in [-0.39, 0.29) is 79.1 Å². The van der Waals surface area contributed by atoms with E-state index >= 15 is 0 Å². The van der Waals surface area contributed by atoms with Crippen LogP contribution in [-0.4, -0.2) is 127 Å². The van der Waals surface area contributed by atoms with Gasteiger partial charge in [0.05, 0.1) is 36.4 Å². The summed E-state index contributed by atoms with van der Waals surface area (Å²) in [5, 5.41) is 65.6. The molecule has 1 aliphatic carbocycles. The molecule has 1 saturated carbocycles. The number of halogens is 1. The quantitative estimate of drug-likeness (QED) is 0.0873. The minimum absolute atomic E-state index is 0.00400. The van der Waals surface area contributed by atoms with Crippen molar-refractivity contribution < 1.29 is 68.2 Å². The zero-order valence-corrected chi connectivity index (χ0v) is 45.9. The number of ether oxygens (including phenoxy) is 2. The van der Waals surface area contributed by atoms with Crippen molar-refractivity contribution in [3.05, 3.63) is 77.7 Å². The van der Waals surface area contributed by atoms with E-state index in [0.29, 0.717) is 31.3 Å². The van der Waals surface area contributed by atoms with Gasteiger partial charge in [-0.1, -0.05) is 90.1 Å². The molecule has 6 rings (SSSR count). The van der Waals surface area contributed by atoms with Crippen LogP contribution in [0.25, 0.3) is 0 Å². The Hall–Kier alpha value is -5.31. The molecule has 19 heteroatoms. The van der Waals surface area contributed by atoms with Crippen LogP contribution < -0.4 is 21.4 Å². The fourth-order valence-corrected chi connectivity index (χ4v) is 11.5. The number of amides is 4. The number of aliphatic hydroxyl groups excluding tert-OH is 4. The first-order valence-corrected chi connectivity index (χ1v) is 27.7. The Morgan fingerprint density at radius 1 is 0.974 bits per heavy atom. The van der Waals surface area contributed by atoms with Gasteiger partial charge in [0.2, 0.25) is 17.7 Å². The number of cyclic esters (lactones) is 1. The van der Waals surface area contributed by atoms with Gasteiger partial charge in [-0.25, -0.2) is 9.82 Å². The third-order valence-corrected chi connectivity index (χ3v) is 16.9. The van der Waals surface area contributed by atoms with Crippen molar-refractivity contribution in [1.29, 1.82) is 0 Å². The van der Waals surface area contributed by atoms with Gasteiger partial charge in [0, 0.05) is 55.4 Å². The van der Waals surface area contributed by atoms with Gasteiger partial charge in [0.15, 0.2) is 11.6 Å². The van der Waals surface area contributed by atoms with E-state index in [1.165, 1.54) is 24.1 Å². The Balaban J connectivity index is 1.19. The number of phenols is 1. The van der Waals surface area contributed by atoms with Crippen LogP contribution in [0.15, 0.2) is 66.3 Å². The van der Waals surface area contributed by atoms with E-state index in [4.69, 9.17) is 9.47 Å². The molecule has 1 aromatic carbocycles. The van der Waals surface area contributed by atoms with Crippen molar-refractivity contribution in [2.24, 2.45) is 47.3 Å². The Bertz CT molecular complexity index is 2390. The molecule has 426 valence electrons. The molecule has 0 aromatic heterocycles. The van der Waals surface area contributed by atoms with Gasteiger partial charge in [0.25, 0.3) is 5.91 Å². The van der Waals surface area contributed by atoms with Gasteiger partial charge >= 0.3 is 5.97 Å². The highest BCUT2D eigenvalue weighted by Crippen LogP contribution is 2.57. The highest BCUT2D eigenvalue weighted by atomic mass is 19.1. The van der Waals surface area contributed by atoms with Crippen molar-refractivity contribution in [3.8, 4) is 5.75 Å². The molecule has 5 aliphatic rings. The lowest BCUT2D eigenvalue weighted by Gasteiger charge is -2.65. The Labute approximate surface area is 452 Å². The minimum Gasteiger partial charge on any atom is -0.505 e. The van der Waals surface area contributed by atoms with Gasteiger partial charge < -0.3 is 55.8 Å². The summed E-state index contributed by atoms with van der Waals surface area (Å²) in [5.74, 6) is -8.26. The molecule has 0 radical (unpaired) electrons. The summed E-state index contributed by atoms with van der Waals surface area (Å²) < 4.78 is 27.2. The number of ketones is 1. The van der Waals surface area contributed by atoms with Crippen LogP contribution in [0, 0.1) is 53.2 Å². The number of allylic oxidation sites excluding steroid dienone is 5. The highest BCUT2D eigenvalue weighted by Gasteiger charge is 2.67. The van der Waals surface area contributed by atoms with Gasteiger partial charge in [-0.3, -0.25) is 29.0 Å². The molecule has 4 heterocycles. The number of nitrogens with zero attached hydrogens (tertiary/aromatic N) is 1. The lowest BCUT2D eigenvalue weighted by atomic mass is 9.55. The zero-order valence-electron chi connectivity index (χ0n) is 45.9. The predicted molar refractivity (Wildman–Crippen MR) is 284 cm³/mol. The Morgan fingerprint density at radius 3 is 2.40 bits per heavy atom. The number of hydrogen-bond donors (Lipinski definition) is 9. The fourth-order valence-electron chi connectivity index (χ4n) is 11.5. The summed E-state index contributed by atoms with van der Waals surface area (Å²) in [4.78, 5) is 81.9. The average Bonchev–Trinajstić information content (AvgIpc) is 3.39. The standard InChI is InChI=1S/C58H84FN5O13/c1-9-37-27-39-29-41-52(70)36(8)48(77-58(39,41)62-53(37)71)30-45(67)32(4)17-12-10-13-18-33(5)47-21-15-11-14-20-44(66)35(7)51(69)40(24-22-34(6)65)54(72)60-49(31(2)3)55(73)61-50(38-23-25-42(59)46(68)28-38)56(74)64-26-16-19-43(63-64)57(75)76-47/h10-11,13-15,18,20,23,25,28,31-32,35-37,39-41,43-45,47-52,63,66-70H,9,12,16-17,19,21-22,24,26-27,29-30H2,1-8H3,(H,60,72)(H,61,73)(H,62,71)/b13-10+,15-11+,20-14+,33-18+/t32-,35-,36-,37-,39+,40+,41-,43?,44-,45-,47-,48-,49-,50?,51+,52-,58+/m0/s1. The number of hydrogen-bond acceptors (Lipinski definition) is 14. The van der Waals surface area contributed by atoms with E-state index in [1.807, 2.05) is 39.0 Å². The lowest BCUT2D eigenvalue weighted by molar-refractivity contribution is -0.320. The molecule has 18 nitrogen and oxygen atoms in total. The second kappa shape index (κ2) is 27.0. The number of rotatable bonds is 14. The maximum Gasteiger partial charge on any atom is 0.325 e. The summed E-state index contributed by atoms with van der Waals surface area (Å²) in [5.41, 5.74) is 2.75.